The van der Waals surface area contributed by atoms with Crippen LogP contribution >= 0.6 is 0 Å². The summed E-state index contributed by atoms with van der Waals surface area (Å²) >= 11 is 0. The van der Waals surface area contributed by atoms with Gasteiger partial charge in [0.2, 0.25) is 0 Å². The number of nitrogens with one attached hydrogen (secondary N) is 1. The predicted octanol–water partition coefficient (Wildman–Crippen LogP) is 0.232. The van der Waals surface area contributed by atoms with Crippen molar-refractivity contribution in [2.24, 2.45) is 5.92 Å². The Labute approximate surface area is 87.4 Å². The van der Waals surface area contributed by atoms with Gasteiger partial charge in [-0.3, -0.25) is 0 Å². The van der Waals surface area contributed by atoms with Gasteiger partial charge in [-0.1, -0.05) is 0 Å². The van der Waals surface area contributed by atoms with Gasteiger partial charge in [-0.2, -0.15) is 0 Å². The highest BCUT2D eigenvalue weighted by Gasteiger charge is 2.29. The lowest BCUT2D eigenvalue weighted by molar-refractivity contribution is 0.183. The van der Waals surface area contributed by atoms with E-state index in [4.69, 9.17) is 0 Å². The Morgan fingerprint density at radius 1 is 1.21 bits per heavy atom. The lowest BCUT2D eigenvalue weighted by Crippen LogP contribution is -2.46. The smallest absolute Gasteiger partial charge is 0.0107 e. The van der Waals surface area contributed by atoms with Crippen molar-refractivity contribution in [3.63, 3.8) is 0 Å². The summed E-state index contributed by atoms with van der Waals surface area (Å²) in [5.74, 6) is 0.901. The molecule has 0 aromatic rings. The minimum atomic E-state index is 0.782. The number of hydrogen-bond donors (Lipinski definition) is 1. The quantitative estimate of drug-likeness (QED) is 0.684. The fraction of sp³-hybridized carbons (Fsp3) is 1.00. The molecule has 0 amide bonds. The summed E-state index contributed by atoms with van der Waals surface area (Å²) in [4.78, 5) is 5.11. The maximum absolute atomic E-state index is 3.41. The van der Waals surface area contributed by atoms with E-state index in [0.717, 1.165) is 12.0 Å². The molecule has 0 aromatic heterocycles. The van der Waals surface area contributed by atoms with E-state index in [-0.39, 0.29) is 0 Å². The number of nitrogens with zero attached hydrogens (tertiary/aromatic N) is 2. The van der Waals surface area contributed by atoms with Gasteiger partial charge in [-0.15, -0.1) is 0 Å². The molecule has 1 N–H and O–H groups in total. The Morgan fingerprint density at radius 2 is 1.93 bits per heavy atom. The van der Waals surface area contributed by atoms with E-state index in [1.165, 1.54) is 45.7 Å². The van der Waals surface area contributed by atoms with Crippen LogP contribution in [0, 0.1) is 5.92 Å². The molecule has 2 saturated heterocycles. The second-order valence-corrected chi connectivity index (χ2v) is 4.82. The Kier molecular flexibility index (Phi) is 3.42. The molecule has 0 unspecified atom stereocenters. The average Bonchev–Trinajstić information content (AvgIpc) is 2.52. The summed E-state index contributed by atoms with van der Waals surface area (Å²) in [6, 6.07) is 0.782. The zero-order valence-electron chi connectivity index (χ0n) is 9.50. The van der Waals surface area contributed by atoms with Crippen molar-refractivity contribution in [1.29, 1.82) is 0 Å². The molecule has 0 spiro atoms. The van der Waals surface area contributed by atoms with Crippen molar-refractivity contribution in [3.8, 4) is 0 Å². The van der Waals surface area contributed by atoms with Gasteiger partial charge in [0, 0.05) is 38.8 Å². The van der Waals surface area contributed by atoms with Gasteiger partial charge in [0.05, 0.1) is 0 Å². The minimum absolute atomic E-state index is 0.782. The van der Waals surface area contributed by atoms with Crippen molar-refractivity contribution in [3.05, 3.63) is 0 Å². The van der Waals surface area contributed by atoms with E-state index in [9.17, 15) is 0 Å². The van der Waals surface area contributed by atoms with Crippen LogP contribution in [-0.4, -0.2) is 62.2 Å². The fourth-order valence-electron chi connectivity index (χ4n) is 2.64. The zero-order valence-corrected chi connectivity index (χ0v) is 9.50. The zero-order chi connectivity index (χ0) is 9.97. The Morgan fingerprint density at radius 3 is 2.50 bits per heavy atom. The van der Waals surface area contributed by atoms with Gasteiger partial charge in [0.15, 0.2) is 0 Å². The molecule has 0 radical (unpaired) electrons. The maximum Gasteiger partial charge on any atom is 0.0107 e. The molecule has 2 rings (SSSR count). The second kappa shape index (κ2) is 4.60. The van der Waals surface area contributed by atoms with Crippen LogP contribution in [0.1, 0.15) is 13.3 Å². The van der Waals surface area contributed by atoms with Gasteiger partial charge >= 0.3 is 0 Å². The molecule has 2 heterocycles. The Hall–Kier alpha value is -0.120. The summed E-state index contributed by atoms with van der Waals surface area (Å²) in [5.41, 5.74) is 0. The van der Waals surface area contributed by atoms with Crippen LogP contribution < -0.4 is 5.32 Å². The lowest BCUT2D eigenvalue weighted by Gasteiger charge is -2.31. The summed E-state index contributed by atoms with van der Waals surface area (Å²) in [6.45, 7) is 9.82. The largest absolute Gasteiger partial charge is 0.314 e. The monoisotopic (exact) mass is 197 g/mol. The van der Waals surface area contributed by atoms with Gasteiger partial charge in [-0.25, -0.2) is 0 Å². The topological polar surface area (TPSA) is 18.5 Å². The summed E-state index contributed by atoms with van der Waals surface area (Å²) in [5, 5.41) is 3.41. The molecule has 82 valence electrons. The summed E-state index contributed by atoms with van der Waals surface area (Å²) in [7, 11) is 2.25. The summed E-state index contributed by atoms with van der Waals surface area (Å²) < 4.78 is 0. The van der Waals surface area contributed by atoms with Crippen LogP contribution in [0.25, 0.3) is 0 Å². The maximum atomic E-state index is 3.41. The van der Waals surface area contributed by atoms with Crippen LogP contribution in [0.15, 0.2) is 0 Å². The third-order valence-corrected chi connectivity index (χ3v) is 3.93. The molecule has 0 aliphatic carbocycles. The van der Waals surface area contributed by atoms with Gasteiger partial charge in [0.1, 0.15) is 0 Å². The fourth-order valence-corrected chi connectivity index (χ4v) is 2.64. The number of likely N-dealkylation sites (tertiary alicyclic amines) is 1. The Balaban J connectivity index is 1.79. The van der Waals surface area contributed by atoms with E-state index in [0.29, 0.717) is 0 Å². The van der Waals surface area contributed by atoms with Crippen molar-refractivity contribution in [2.75, 3.05) is 46.3 Å². The SMILES string of the molecule is C[C@@H]1[C@@H](CN2CCNCC2)CCN1C. The molecular weight excluding hydrogens is 174 g/mol. The first-order chi connectivity index (χ1) is 6.77. The third kappa shape index (κ3) is 2.27. The number of rotatable bonds is 2. The summed E-state index contributed by atoms with van der Waals surface area (Å²) in [6.07, 6.45) is 1.39. The third-order valence-electron chi connectivity index (χ3n) is 3.93. The number of piperazine rings is 1. The van der Waals surface area contributed by atoms with Crippen LogP contribution in [0.5, 0.6) is 0 Å². The Bertz CT molecular complexity index is 177. The van der Waals surface area contributed by atoms with Gasteiger partial charge in [0.25, 0.3) is 0 Å². The molecule has 2 atom stereocenters. The molecule has 3 heteroatoms. The van der Waals surface area contributed by atoms with E-state index < -0.39 is 0 Å². The number of hydrogen-bond acceptors (Lipinski definition) is 3. The highest BCUT2D eigenvalue weighted by molar-refractivity contribution is 4.84. The van der Waals surface area contributed by atoms with E-state index >= 15 is 0 Å². The van der Waals surface area contributed by atoms with Crippen LogP contribution in [0.3, 0.4) is 0 Å². The normalized spacial score (nSPS) is 36.4. The van der Waals surface area contributed by atoms with Gasteiger partial charge in [-0.05, 0) is 32.9 Å². The molecule has 14 heavy (non-hydrogen) atoms. The predicted molar refractivity (Wildman–Crippen MR) is 59.5 cm³/mol. The van der Waals surface area contributed by atoms with Crippen molar-refractivity contribution >= 4 is 0 Å². The molecule has 0 saturated carbocycles. The molecule has 0 aromatic carbocycles. The van der Waals surface area contributed by atoms with Crippen LogP contribution in [0.4, 0.5) is 0 Å². The molecule has 3 nitrogen and oxygen atoms in total. The van der Waals surface area contributed by atoms with E-state index in [1.54, 1.807) is 0 Å². The molecular formula is C11H23N3. The standard InChI is InChI=1S/C11H23N3/c1-10-11(3-6-13(10)2)9-14-7-4-12-5-8-14/h10-12H,3-9H2,1-2H3/t10-,11-/m1/s1. The van der Waals surface area contributed by atoms with Crippen LogP contribution in [-0.2, 0) is 0 Å². The first kappa shape index (κ1) is 10.4. The van der Waals surface area contributed by atoms with Crippen molar-refractivity contribution in [1.82, 2.24) is 15.1 Å². The molecule has 2 fully saturated rings. The van der Waals surface area contributed by atoms with Crippen molar-refractivity contribution < 1.29 is 0 Å². The first-order valence-corrected chi connectivity index (χ1v) is 5.90. The molecule has 2 aliphatic heterocycles. The van der Waals surface area contributed by atoms with E-state index in [1.807, 2.05) is 0 Å². The highest BCUT2D eigenvalue weighted by atomic mass is 15.2. The second-order valence-electron chi connectivity index (χ2n) is 4.82. The van der Waals surface area contributed by atoms with Crippen molar-refractivity contribution in [2.45, 2.75) is 19.4 Å². The molecule has 2 aliphatic rings. The average molecular weight is 197 g/mol. The minimum Gasteiger partial charge on any atom is -0.314 e. The highest BCUT2D eigenvalue weighted by Crippen LogP contribution is 2.23. The molecule has 0 bridgehead atoms. The van der Waals surface area contributed by atoms with Gasteiger partial charge < -0.3 is 15.1 Å². The lowest BCUT2D eigenvalue weighted by atomic mass is 10.0. The first-order valence-electron chi connectivity index (χ1n) is 5.90. The van der Waals surface area contributed by atoms with Crippen LogP contribution in [0.2, 0.25) is 0 Å². The van der Waals surface area contributed by atoms with E-state index in [2.05, 4.69) is 29.1 Å².